The van der Waals surface area contributed by atoms with Crippen LogP contribution in [0, 0.1) is 0 Å². The van der Waals surface area contributed by atoms with E-state index in [9.17, 15) is 4.79 Å². The van der Waals surface area contributed by atoms with Crippen molar-refractivity contribution in [3.63, 3.8) is 0 Å². The van der Waals surface area contributed by atoms with Crippen LogP contribution in [0.4, 0.5) is 5.95 Å². The summed E-state index contributed by atoms with van der Waals surface area (Å²) in [6, 6.07) is 24.5. The number of aromatic nitrogens is 2. The predicted molar refractivity (Wildman–Crippen MR) is 112 cm³/mol. The van der Waals surface area contributed by atoms with E-state index >= 15 is 0 Å². The Balaban J connectivity index is 1.64. The van der Waals surface area contributed by atoms with Gasteiger partial charge >= 0.3 is 0 Å². The number of benzene rings is 3. The molecule has 3 aromatic carbocycles. The Labute approximate surface area is 166 Å². The molecule has 0 fully saturated rings. The maximum atomic E-state index is 12.4. The summed E-state index contributed by atoms with van der Waals surface area (Å²) in [6.45, 7) is 0. The minimum Gasteiger partial charge on any atom is -0.457 e. The van der Waals surface area contributed by atoms with Gasteiger partial charge in [-0.1, -0.05) is 42.5 Å². The number of para-hydroxylation sites is 2. The van der Waals surface area contributed by atoms with Crippen molar-refractivity contribution in [3.05, 3.63) is 94.8 Å². The Kier molecular flexibility index (Phi) is 3.98. The number of ether oxygens (including phenoxy) is 1. The standard InChI is InChI=1S/C22H17N5O2/c23-21-24-19(14-7-6-10-16(13-14)29-15-8-2-1-3-9-15)27-18-12-5-4-11-17(18)20(28)25-22(27)26-21/h1-13,19H,(H3,23,24,25,26,28)/t19-/m1/s1. The van der Waals surface area contributed by atoms with E-state index in [1.807, 2.05) is 77.4 Å². The molecule has 7 nitrogen and oxygen atoms in total. The molecular formula is C22H17N5O2. The number of fused-ring (bicyclic) bond motifs is 3. The highest BCUT2D eigenvalue weighted by Crippen LogP contribution is 2.32. The zero-order valence-electron chi connectivity index (χ0n) is 15.3. The minimum absolute atomic E-state index is 0.201. The van der Waals surface area contributed by atoms with Crippen LogP contribution in [0.15, 0.2) is 88.6 Å². The summed E-state index contributed by atoms with van der Waals surface area (Å²) >= 11 is 0. The number of nitrogens with one attached hydrogen (secondary N) is 1. The van der Waals surface area contributed by atoms with Crippen LogP contribution in [0.5, 0.6) is 11.5 Å². The monoisotopic (exact) mass is 383 g/mol. The summed E-state index contributed by atoms with van der Waals surface area (Å²) in [5, 5.41) is 3.42. The molecule has 4 aromatic rings. The van der Waals surface area contributed by atoms with Crippen molar-refractivity contribution in [1.29, 1.82) is 0 Å². The lowest BCUT2D eigenvalue weighted by atomic mass is 10.1. The van der Waals surface area contributed by atoms with E-state index in [-0.39, 0.29) is 11.5 Å². The molecule has 5 rings (SSSR count). The molecule has 0 unspecified atom stereocenters. The molecule has 1 aromatic heterocycles. The first kappa shape index (κ1) is 17.0. The lowest BCUT2D eigenvalue weighted by Crippen LogP contribution is -2.34. The van der Waals surface area contributed by atoms with E-state index in [1.54, 1.807) is 6.07 Å². The van der Waals surface area contributed by atoms with Gasteiger partial charge in [0.05, 0.1) is 10.9 Å². The molecular weight excluding hydrogens is 366 g/mol. The summed E-state index contributed by atoms with van der Waals surface area (Å²) < 4.78 is 7.83. The Hall–Kier alpha value is -4.13. The van der Waals surface area contributed by atoms with E-state index < -0.39 is 6.17 Å². The summed E-state index contributed by atoms with van der Waals surface area (Å²) in [7, 11) is 0. The molecule has 0 aliphatic carbocycles. The Morgan fingerprint density at radius 3 is 2.55 bits per heavy atom. The Bertz CT molecular complexity index is 1300. The summed E-state index contributed by atoms with van der Waals surface area (Å²) in [4.78, 5) is 21.1. The Morgan fingerprint density at radius 1 is 0.931 bits per heavy atom. The van der Waals surface area contributed by atoms with Gasteiger partial charge in [0.2, 0.25) is 5.95 Å². The highest BCUT2D eigenvalue weighted by molar-refractivity contribution is 5.93. The van der Waals surface area contributed by atoms with Crippen LogP contribution in [0.2, 0.25) is 0 Å². The molecule has 7 heteroatoms. The van der Waals surface area contributed by atoms with E-state index in [4.69, 9.17) is 10.5 Å². The summed E-state index contributed by atoms with van der Waals surface area (Å²) in [5.74, 6) is 1.99. The fraction of sp³-hybridized carbons (Fsp3) is 0.0455. The van der Waals surface area contributed by atoms with Crippen molar-refractivity contribution in [2.45, 2.75) is 6.17 Å². The number of hydrogen-bond donors (Lipinski definition) is 2. The van der Waals surface area contributed by atoms with E-state index in [0.29, 0.717) is 17.1 Å². The van der Waals surface area contributed by atoms with E-state index in [1.165, 1.54) is 0 Å². The van der Waals surface area contributed by atoms with Gasteiger partial charge in [0.15, 0.2) is 12.1 Å². The van der Waals surface area contributed by atoms with Gasteiger partial charge in [0.1, 0.15) is 11.5 Å². The zero-order valence-corrected chi connectivity index (χ0v) is 15.3. The van der Waals surface area contributed by atoms with Crippen molar-refractivity contribution in [3.8, 4) is 11.5 Å². The lowest BCUT2D eigenvalue weighted by molar-refractivity contribution is 0.480. The minimum atomic E-state index is -0.483. The van der Waals surface area contributed by atoms with E-state index in [2.05, 4.69) is 15.3 Å². The largest absolute Gasteiger partial charge is 0.457 e. The maximum absolute atomic E-state index is 12.4. The van der Waals surface area contributed by atoms with Gasteiger partial charge in [0, 0.05) is 5.56 Å². The zero-order chi connectivity index (χ0) is 19.8. The molecule has 1 aliphatic rings. The smallest absolute Gasteiger partial charge is 0.282 e. The molecule has 3 N–H and O–H groups in total. The second-order valence-electron chi connectivity index (χ2n) is 6.63. The van der Waals surface area contributed by atoms with Crippen molar-refractivity contribution >= 4 is 22.8 Å². The summed E-state index contributed by atoms with van der Waals surface area (Å²) in [5.41, 5.74) is 7.26. The molecule has 0 bridgehead atoms. The number of nitrogens with two attached hydrogens (primary N) is 1. The van der Waals surface area contributed by atoms with Crippen LogP contribution < -0.4 is 21.3 Å². The number of hydrogen-bond acceptors (Lipinski definition) is 6. The van der Waals surface area contributed by atoms with Crippen molar-refractivity contribution in [1.82, 2.24) is 9.55 Å². The number of guanidine groups is 1. The highest BCUT2D eigenvalue weighted by Gasteiger charge is 2.24. The third kappa shape index (κ3) is 3.08. The van der Waals surface area contributed by atoms with Gasteiger partial charge in [-0.15, -0.1) is 0 Å². The molecule has 0 spiro atoms. The molecule has 29 heavy (non-hydrogen) atoms. The number of nitrogens with zero attached hydrogens (tertiary/aromatic N) is 3. The second kappa shape index (κ2) is 6.79. The van der Waals surface area contributed by atoms with Crippen LogP contribution in [0.1, 0.15) is 11.7 Å². The molecule has 2 heterocycles. The van der Waals surface area contributed by atoms with Crippen LogP contribution in [-0.4, -0.2) is 15.5 Å². The first-order chi connectivity index (χ1) is 14.2. The second-order valence-corrected chi connectivity index (χ2v) is 6.63. The van der Waals surface area contributed by atoms with Crippen LogP contribution >= 0.6 is 0 Å². The summed E-state index contributed by atoms with van der Waals surface area (Å²) in [6.07, 6.45) is -0.483. The molecule has 142 valence electrons. The van der Waals surface area contributed by atoms with Gasteiger partial charge in [-0.2, -0.15) is 4.98 Å². The van der Waals surface area contributed by atoms with E-state index in [0.717, 1.165) is 16.8 Å². The average molecular weight is 383 g/mol. The first-order valence-corrected chi connectivity index (χ1v) is 9.13. The number of rotatable bonds is 3. The van der Waals surface area contributed by atoms with Gasteiger partial charge in [0.25, 0.3) is 5.56 Å². The van der Waals surface area contributed by atoms with Crippen molar-refractivity contribution in [2.24, 2.45) is 10.7 Å². The molecule has 1 atom stereocenters. The first-order valence-electron chi connectivity index (χ1n) is 9.13. The molecule has 0 saturated heterocycles. The topological polar surface area (TPSA) is 94.5 Å². The van der Waals surface area contributed by atoms with Crippen LogP contribution in [0.25, 0.3) is 10.9 Å². The molecule has 0 radical (unpaired) electrons. The highest BCUT2D eigenvalue weighted by atomic mass is 16.5. The van der Waals surface area contributed by atoms with Gasteiger partial charge in [-0.05, 0) is 36.4 Å². The SMILES string of the molecule is NC1=N[C@@H](c2cccc(Oc3ccccc3)c2)n2c(nc(=O)c3ccccc32)N1. The van der Waals surface area contributed by atoms with Crippen LogP contribution in [0.3, 0.4) is 0 Å². The molecule has 0 saturated carbocycles. The average Bonchev–Trinajstić information content (AvgIpc) is 2.74. The lowest BCUT2D eigenvalue weighted by Gasteiger charge is -2.27. The van der Waals surface area contributed by atoms with Gasteiger partial charge < -0.3 is 10.5 Å². The van der Waals surface area contributed by atoms with Gasteiger partial charge in [-0.3, -0.25) is 14.7 Å². The number of aliphatic imine (C=N–C) groups is 1. The number of anilines is 1. The normalized spacial score (nSPS) is 15.3. The fourth-order valence-corrected chi connectivity index (χ4v) is 3.45. The fourth-order valence-electron chi connectivity index (χ4n) is 3.45. The third-order valence-electron chi connectivity index (χ3n) is 4.71. The quantitative estimate of drug-likeness (QED) is 0.565. The predicted octanol–water partition coefficient (Wildman–Crippen LogP) is 3.48. The third-order valence-corrected chi connectivity index (χ3v) is 4.71. The van der Waals surface area contributed by atoms with Crippen molar-refractivity contribution in [2.75, 3.05) is 5.32 Å². The van der Waals surface area contributed by atoms with Crippen molar-refractivity contribution < 1.29 is 4.74 Å². The van der Waals surface area contributed by atoms with Gasteiger partial charge in [-0.25, -0.2) is 4.99 Å². The molecule has 0 amide bonds. The van der Waals surface area contributed by atoms with Crippen LogP contribution in [-0.2, 0) is 0 Å². The Morgan fingerprint density at radius 2 is 1.69 bits per heavy atom. The maximum Gasteiger partial charge on any atom is 0.282 e. The molecule has 1 aliphatic heterocycles.